The fourth-order valence-corrected chi connectivity index (χ4v) is 2.60. The Morgan fingerprint density at radius 2 is 2.05 bits per heavy atom. The van der Waals surface area contributed by atoms with Crippen LogP contribution in [0.15, 0.2) is 68.3 Å². The van der Waals surface area contributed by atoms with Crippen LogP contribution in [-0.4, -0.2) is 19.0 Å². The monoisotopic (exact) mass is 285 g/mol. The van der Waals surface area contributed by atoms with Gasteiger partial charge in [0.15, 0.2) is 0 Å². The maximum atomic E-state index is 4.59. The molecule has 0 aliphatic carbocycles. The minimum absolute atomic E-state index is 0.319. The summed E-state index contributed by atoms with van der Waals surface area (Å²) in [6.07, 6.45) is 9.70. The van der Waals surface area contributed by atoms with Gasteiger partial charge in [0, 0.05) is 40.4 Å². The molecule has 4 heteroatoms. The van der Waals surface area contributed by atoms with Crippen molar-refractivity contribution in [3.8, 4) is 0 Å². The number of hydrogen-bond donors (Lipinski definition) is 1. The molecule has 2 aliphatic rings. The number of nitrogens with one attached hydrogen (secondary N) is 1. The molecule has 0 saturated heterocycles. The van der Waals surface area contributed by atoms with Crippen LogP contribution in [0.1, 0.15) is 13.8 Å². The molecular formula is C16H19N3S. The van der Waals surface area contributed by atoms with E-state index in [1.54, 1.807) is 11.8 Å². The lowest BCUT2D eigenvalue weighted by Gasteiger charge is -2.10. The lowest BCUT2D eigenvalue weighted by Crippen LogP contribution is -2.12. The Labute approximate surface area is 124 Å². The van der Waals surface area contributed by atoms with Crippen molar-refractivity contribution in [2.75, 3.05) is 6.54 Å². The molecule has 0 aromatic heterocycles. The number of allylic oxidation sites excluding steroid dienone is 4. The van der Waals surface area contributed by atoms with Crippen LogP contribution in [0.4, 0.5) is 0 Å². The molecule has 1 atom stereocenters. The standard InChI is InChI=1S/C16H19N3S/c1-11-9-17-6-5-15-16(18-10-11)8-14(4)20-13(3)7-12(2)19-15/h5-8,10-11,19H,3-4,9H2,1-2H3/b12-7+,15-5+,16-8+,17-6+,18-10-. The van der Waals surface area contributed by atoms with Crippen LogP contribution < -0.4 is 5.32 Å². The van der Waals surface area contributed by atoms with E-state index in [4.69, 9.17) is 0 Å². The third-order valence-electron chi connectivity index (χ3n) is 2.75. The van der Waals surface area contributed by atoms with Gasteiger partial charge in [0.1, 0.15) is 0 Å². The van der Waals surface area contributed by atoms with Crippen LogP contribution in [0.2, 0.25) is 0 Å². The molecule has 0 amide bonds. The molecule has 0 aromatic carbocycles. The van der Waals surface area contributed by atoms with Crippen LogP contribution in [0, 0.1) is 5.92 Å². The molecule has 0 fully saturated rings. The maximum Gasteiger partial charge on any atom is 0.0872 e. The van der Waals surface area contributed by atoms with Crippen molar-refractivity contribution in [1.82, 2.24) is 5.32 Å². The largest absolute Gasteiger partial charge is 0.357 e. The predicted molar refractivity (Wildman–Crippen MR) is 89.9 cm³/mol. The van der Waals surface area contributed by atoms with E-state index in [2.05, 4.69) is 35.4 Å². The van der Waals surface area contributed by atoms with Crippen molar-refractivity contribution in [3.05, 3.63) is 58.3 Å². The quantitative estimate of drug-likeness (QED) is 0.734. The number of thioether (sulfide) groups is 1. The normalized spacial score (nSPS) is 34.7. The number of rotatable bonds is 0. The summed E-state index contributed by atoms with van der Waals surface area (Å²) in [7, 11) is 0. The van der Waals surface area contributed by atoms with Crippen LogP contribution in [0.5, 0.6) is 0 Å². The Morgan fingerprint density at radius 3 is 2.85 bits per heavy atom. The van der Waals surface area contributed by atoms with Crippen molar-refractivity contribution in [2.45, 2.75) is 13.8 Å². The SMILES string of the molecule is C=C1/C=C(\C)N/C2=C/C=N/CC(C)/C=N\C2=C\C(=C)S1. The molecule has 104 valence electrons. The van der Waals surface area contributed by atoms with Gasteiger partial charge in [0.2, 0.25) is 0 Å². The van der Waals surface area contributed by atoms with Gasteiger partial charge >= 0.3 is 0 Å². The number of hydrogen-bond acceptors (Lipinski definition) is 4. The molecule has 20 heavy (non-hydrogen) atoms. The van der Waals surface area contributed by atoms with Crippen molar-refractivity contribution in [3.63, 3.8) is 0 Å². The fourth-order valence-electron chi connectivity index (χ4n) is 1.85. The summed E-state index contributed by atoms with van der Waals surface area (Å²) in [5.41, 5.74) is 2.81. The molecule has 2 aliphatic heterocycles. The molecule has 0 aromatic rings. The number of aliphatic imine (C=N–C) groups is 2. The second-order valence-electron chi connectivity index (χ2n) is 4.87. The molecule has 1 unspecified atom stereocenters. The third kappa shape index (κ3) is 4.10. The van der Waals surface area contributed by atoms with Gasteiger partial charge in [0.05, 0.1) is 11.4 Å². The van der Waals surface area contributed by atoms with Gasteiger partial charge < -0.3 is 5.32 Å². The Balaban J connectivity index is 2.47. The van der Waals surface area contributed by atoms with Crippen LogP contribution in [0.25, 0.3) is 0 Å². The zero-order valence-corrected chi connectivity index (χ0v) is 12.7. The van der Waals surface area contributed by atoms with Gasteiger partial charge in [0.25, 0.3) is 0 Å². The number of fused-ring (bicyclic) bond motifs is 1. The molecule has 2 heterocycles. The highest BCUT2D eigenvalue weighted by atomic mass is 32.2. The summed E-state index contributed by atoms with van der Waals surface area (Å²) < 4.78 is 0. The van der Waals surface area contributed by atoms with E-state index in [1.165, 1.54) is 0 Å². The predicted octanol–water partition coefficient (Wildman–Crippen LogP) is 3.81. The Bertz CT molecular complexity index is 577. The van der Waals surface area contributed by atoms with Crippen LogP contribution >= 0.6 is 11.8 Å². The first-order valence-electron chi connectivity index (χ1n) is 6.52. The summed E-state index contributed by atoms with van der Waals surface area (Å²) >= 11 is 1.55. The van der Waals surface area contributed by atoms with E-state index >= 15 is 0 Å². The Morgan fingerprint density at radius 1 is 1.30 bits per heavy atom. The Kier molecular flexibility index (Phi) is 4.79. The van der Waals surface area contributed by atoms with E-state index in [0.717, 1.165) is 33.4 Å². The molecule has 0 radical (unpaired) electrons. The summed E-state index contributed by atoms with van der Waals surface area (Å²) in [5, 5.41) is 3.36. The Hall–Kier alpha value is -1.81. The topological polar surface area (TPSA) is 36.8 Å². The summed E-state index contributed by atoms with van der Waals surface area (Å²) in [6.45, 7) is 12.9. The minimum Gasteiger partial charge on any atom is -0.357 e. The van der Waals surface area contributed by atoms with Crippen molar-refractivity contribution in [2.24, 2.45) is 15.9 Å². The average molecular weight is 285 g/mol. The van der Waals surface area contributed by atoms with Crippen molar-refractivity contribution >= 4 is 24.2 Å². The molecule has 0 saturated carbocycles. The third-order valence-corrected chi connectivity index (χ3v) is 3.51. The highest BCUT2D eigenvalue weighted by Crippen LogP contribution is 2.29. The minimum atomic E-state index is 0.319. The zero-order chi connectivity index (χ0) is 14.5. The van der Waals surface area contributed by atoms with E-state index < -0.39 is 0 Å². The van der Waals surface area contributed by atoms with Crippen LogP contribution in [0.3, 0.4) is 0 Å². The summed E-state index contributed by atoms with van der Waals surface area (Å²) in [4.78, 5) is 10.8. The van der Waals surface area contributed by atoms with E-state index in [-0.39, 0.29) is 0 Å². The van der Waals surface area contributed by atoms with Crippen molar-refractivity contribution in [1.29, 1.82) is 0 Å². The van der Waals surface area contributed by atoms with Gasteiger partial charge in [-0.1, -0.05) is 31.8 Å². The smallest absolute Gasteiger partial charge is 0.0872 e. The highest BCUT2D eigenvalue weighted by Gasteiger charge is 2.10. The second-order valence-corrected chi connectivity index (χ2v) is 6.12. The van der Waals surface area contributed by atoms with Gasteiger partial charge in [-0.25, -0.2) is 0 Å². The van der Waals surface area contributed by atoms with E-state index in [0.29, 0.717) is 5.92 Å². The molecule has 0 spiro atoms. The van der Waals surface area contributed by atoms with Gasteiger partial charge in [-0.05, 0) is 25.2 Å². The average Bonchev–Trinajstić information content (AvgIpc) is 2.46. The first kappa shape index (κ1) is 14.6. The van der Waals surface area contributed by atoms with Crippen molar-refractivity contribution < 1.29 is 0 Å². The first-order chi connectivity index (χ1) is 9.54. The molecule has 1 N–H and O–H groups in total. The second kappa shape index (κ2) is 6.57. The summed E-state index contributed by atoms with van der Waals surface area (Å²) in [5.74, 6) is 0.319. The first-order valence-corrected chi connectivity index (χ1v) is 7.33. The van der Waals surface area contributed by atoms with E-state index in [9.17, 15) is 0 Å². The van der Waals surface area contributed by atoms with E-state index in [1.807, 2.05) is 37.6 Å². The highest BCUT2D eigenvalue weighted by molar-refractivity contribution is 8.07. The molecule has 3 nitrogen and oxygen atoms in total. The van der Waals surface area contributed by atoms with Gasteiger partial charge in [-0.3, -0.25) is 9.98 Å². The van der Waals surface area contributed by atoms with Gasteiger partial charge in [-0.15, -0.1) is 0 Å². The molecule has 0 bridgehead atoms. The van der Waals surface area contributed by atoms with Crippen LogP contribution in [-0.2, 0) is 0 Å². The fraction of sp³-hybridized carbons (Fsp3) is 0.250. The maximum absolute atomic E-state index is 4.59. The number of nitrogens with zero attached hydrogens (tertiary/aromatic N) is 2. The lowest BCUT2D eigenvalue weighted by atomic mass is 10.2. The zero-order valence-electron chi connectivity index (χ0n) is 11.9. The van der Waals surface area contributed by atoms with Gasteiger partial charge in [-0.2, -0.15) is 0 Å². The summed E-state index contributed by atoms with van der Waals surface area (Å²) in [6, 6.07) is 0. The molecule has 2 rings (SSSR count). The molecular weight excluding hydrogens is 266 g/mol. The lowest BCUT2D eigenvalue weighted by molar-refractivity contribution is 0.802.